The second-order valence-corrected chi connectivity index (χ2v) is 6.01. The third kappa shape index (κ3) is 3.63. The molecule has 0 aliphatic heterocycles. The lowest BCUT2D eigenvalue weighted by molar-refractivity contribution is -0.118. The van der Waals surface area contributed by atoms with Crippen LogP contribution in [0.3, 0.4) is 0 Å². The lowest BCUT2D eigenvalue weighted by Gasteiger charge is -2.39. The summed E-state index contributed by atoms with van der Waals surface area (Å²) in [5.41, 5.74) is 8.03. The van der Waals surface area contributed by atoms with Crippen molar-refractivity contribution in [1.29, 1.82) is 0 Å². The number of benzene rings is 1. The van der Waals surface area contributed by atoms with Crippen LogP contribution in [0.4, 0.5) is 5.69 Å². The topological polar surface area (TPSA) is 58.4 Å². The second kappa shape index (κ2) is 7.05. The van der Waals surface area contributed by atoms with Crippen molar-refractivity contribution in [2.75, 3.05) is 25.0 Å². The Balaban J connectivity index is 2.01. The van der Waals surface area contributed by atoms with E-state index in [0.29, 0.717) is 13.1 Å². The van der Waals surface area contributed by atoms with E-state index in [9.17, 15) is 4.79 Å². The van der Waals surface area contributed by atoms with Crippen molar-refractivity contribution in [3.63, 3.8) is 0 Å². The standard InChI is InChI=1S/C17H27N3O/c1-3-20(17(13-18)10-6-7-11-17)12-16(21)19-15-9-5-4-8-14(15)2/h4-5,8-9H,3,6-7,10-13,18H2,1-2H3,(H,19,21). The van der Waals surface area contributed by atoms with Crippen LogP contribution in [0, 0.1) is 6.92 Å². The summed E-state index contributed by atoms with van der Waals surface area (Å²) in [6.45, 7) is 6.03. The molecule has 1 aliphatic rings. The average molecular weight is 289 g/mol. The van der Waals surface area contributed by atoms with Crippen molar-refractivity contribution in [2.24, 2.45) is 5.73 Å². The van der Waals surface area contributed by atoms with E-state index in [1.807, 2.05) is 31.2 Å². The molecule has 0 unspecified atom stereocenters. The predicted octanol–water partition coefficient (Wildman–Crippen LogP) is 2.53. The zero-order valence-corrected chi connectivity index (χ0v) is 13.2. The average Bonchev–Trinajstić information content (AvgIpc) is 2.97. The van der Waals surface area contributed by atoms with Gasteiger partial charge in [0.05, 0.1) is 6.54 Å². The largest absolute Gasteiger partial charge is 0.329 e. The van der Waals surface area contributed by atoms with Gasteiger partial charge in [0.2, 0.25) is 5.91 Å². The molecule has 1 aromatic rings. The van der Waals surface area contributed by atoms with Gasteiger partial charge in [-0.15, -0.1) is 0 Å². The fraction of sp³-hybridized carbons (Fsp3) is 0.588. The van der Waals surface area contributed by atoms with Crippen molar-refractivity contribution in [1.82, 2.24) is 4.90 Å². The lowest BCUT2D eigenvalue weighted by Crippen LogP contribution is -2.54. The number of aryl methyl sites for hydroxylation is 1. The van der Waals surface area contributed by atoms with Crippen LogP contribution in [0.15, 0.2) is 24.3 Å². The molecule has 21 heavy (non-hydrogen) atoms. The van der Waals surface area contributed by atoms with Gasteiger partial charge in [-0.3, -0.25) is 9.69 Å². The van der Waals surface area contributed by atoms with Crippen LogP contribution in [0.1, 0.15) is 38.2 Å². The molecular formula is C17H27N3O. The normalized spacial score (nSPS) is 17.1. The van der Waals surface area contributed by atoms with E-state index in [4.69, 9.17) is 5.73 Å². The van der Waals surface area contributed by atoms with E-state index in [-0.39, 0.29) is 11.4 Å². The van der Waals surface area contributed by atoms with Crippen molar-refractivity contribution >= 4 is 11.6 Å². The van der Waals surface area contributed by atoms with Gasteiger partial charge in [0.15, 0.2) is 0 Å². The first-order valence-corrected chi connectivity index (χ1v) is 7.92. The van der Waals surface area contributed by atoms with Crippen LogP contribution in [-0.4, -0.2) is 36.0 Å². The number of nitrogens with one attached hydrogen (secondary N) is 1. The Labute approximate surface area is 127 Å². The van der Waals surface area contributed by atoms with Crippen LogP contribution in [-0.2, 0) is 4.79 Å². The summed E-state index contributed by atoms with van der Waals surface area (Å²) in [6, 6.07) is 7.87. The molecule has 0 aromatic heterocycles. The fourth-order valence-electron chi connectivity index (χ4n) is 3.37. The number of carbonyl (C=O) groups is 1. The zero-order chi connectivity index (χ0) is 15.3. The van der Waals surface area contributed by atoms with Crippen molar-refractivity contribution in [3.05, 3.63) is 29.8 Å². The summed E-state index contributed by atoms with van der Waals surface area (Å²) in [5.74, 6) is 0.0471. The van der Waals surface area contributed by atoms with E-state index in [0.717, 1.165) is 30.6 Å². The molecule has 1 aromatic carbocycles. The number of likely N-dealkylation sites (N-methyl/N-ethyl adjacent to an activating group) is 1. The minimum Gasteiger partial charge on any atom is -0.329 e. The zero-order valence-electron chi connectivity index (χ0n) is 13.2. The third-order valence-corrected chi connectivity index (χ3v) is 4.72. The lowest BCUT2D eigenvalue weighted by atomic mass is 9.95. The monoisotopic (exact) mass is 289 g/mol. The highest BCUT2D eigenvalue weighted by Crippen LogP contribution is 2.34. The smallest absolute Gasteiger partial charge is 0.238 e. The molecule has 1 fully saturated rings. The number of amides is 1. The number of para-hydroxylation sites is 1. The number of nitrogens with two attached hydrogens (primary N) is 1. The Bertz CT molecular complexity index is 481. The van der Waals surface area contributed by atoms with Gasteiger partial charge in [0.1, 0.15) is 0 Å². The minimum atomic E-state index is 0.0256. The SMILES string of the molecule is CCN(CC(=O)Nc1ccccc1C)C1(CN)CCCC1. The maximum atomic E-state index is 12.4. The Morgan fingerprint density at radius 1 is 1.33 bits per heavy atom. The summed E-state index contributed by atoms with van der Waals surface area (Å²) < 4.78 is 0. The number of hydrogen-bond acceptors (Lipinski definition) is 3. The summed E-state index contributed by atoms with van der Waals surface area (Å²) >= 11 is 0. The molecule has 3 N–H and O–H groups in total. The Kier molecular flexibility index (Phi) is 5.37. The van der Waals surface area contributed by atoms with E-state index in [1.54, 1.807) is 0 Å². The third-order valence-electron chi connectivity index (χ3n) is 4.72. The van der Waals surface area contributed by atoms with Crippen LogP contribution >= 0.6 is 0 Å². The van der Waals surface area contributed by atoms with Crippen LogP contribution in [0.25, 0.3) is 0 Å². The highest BCUT2D eigenvalue weighted by atomic mass is 16.2. The number of anilines is 1. The van der Waals surface area contributed by atoms with Gasteiger partial charge in [0.25, 0.3) is 0 Å². The summed E-state index contributed by atoms with van der Waals surface area (Å²) in [4.78, 5) is 14.6. The van der Waals surface area contributed by atoms with E-state index < -0.39 is 0 Å². The quantitative estimate of drug-likeness (QED) is 0.846. The molecule has 116 valence electrons. The van der Waals surface area contributed by atoms with Gasteiger partial charge in [-0.05, 0) is 37.9 Å². The molecule has 0 heterocycles. The molecule has 1 saturated carbocycles. The van der Waals surface area contributed by atoms with Gasteiger partial charge >= 0.3 is 0 Å². The molecule has 4 heteroatoms. The van der Waals surface area contributed by atoms with Crippen molar-refractivity contribution in [2.45, 2.75) is 45.1 Å². The van der Waals surface area contributed by atoms with Crippen LogP contribution < -0.4 is 11.1 Å². The van der Waals surface area contributed by atoms with Crippen molar-refractivity contribution in [3.8, 4) is 0 Å². The molecule has 0 spiro atoms. The van der Waals surface area contributed by atoms with Gasteiger partial charge in [-0.25, -0.2) is 0 Å². The maximum Gasteiger partial charge on any atom is 0.238 e. The Morgan fingerprint density at radius 3 is 2.57 bits per heavy atom. The fourth-order valence-corrected chi connectivity index (χ4v) is 3.37. The molecule has 0 atom stereocenters. The summed E-state index contributed by atoms with van der Waals surface area (Å²) in [7, 11) is 0. The van der Waals surface area contributed by atoms with Gasteiger partial charge in [-0.2, -0.15) is 0 Å². The molecular weight excluding hydrogens is 262 g/mol. The highest BCUT2D eigenvalue weighted by molar-refractivity contribution is 5.93. The maximum absolute atomic E-state index is 12.4. The molecule has 0 radical (unpaired) electrons. The number of carbonyl (C=O) groups excluding carboxylic acids is 1. The first-order chi connectivity index (χ1) is 10.1. The number of hydrogen-bond donors (Lipinski definition) is 2. The Hall–Kier alpha value is -1.39. The van der Waals surface area contributed by atoms with Gasteiger partial charge in [-0.1, -0.05) is 38.0 Å². The summed E-state index contributed by atoms with van der Waals surface area (Å²) in [5, 5.41) is 3.02. The predicted molar refractivity (Wildman–Crippen MR) is 87.3 cm³/mol. The summed E-state index contributed by atoms with van der Waals surface area (Å²) in [6.07, 6.45) is 4.64. The van der Waals surface area contributed by atoms with E-state index in [1.165, 1.54) is 12.8 Å². The molecule has 2 rings (SSSR count). The molecule has 1 aliphatic carbocycles. The molecule has 0 bridgehead atoms. The van der Waals surface area contributed by atoms with Crippen molar-refractivity contribution < 1.29 is 4.79 Å². The van der Waals surface area contributed by atoms with E-state index in [2.05, 4.69) is 17.1 Å². The molecule has 4 nitrogen and oxygen atoms in total. The van der Waals surface area contributed by atoms with Gasteiger partial charge < -0.3 is 11.1 Å². The number of nitrogens with zero attached hydrogens (tertiary/aromatic N) is 1. The molecule has 0 saturated heterocycles. The second-order valence-electron chi connectivity index (χ2n) is 6.01. The first-order valence-electron chi connectivity index (χ1n) is 7.92. The van der Waals surface area contributed by atoms with E-state index >= 15 is 0 Å². The van der Waals surface area contributed by atoms with Gasteiger partial charge in [0, 0.05) is 17.8 Å². The number of rotatable bonds is 6. The Morgan fingerprint density at radius 2 is 2.00 bits per heavy atom. The molecule has 1 amide bonds. The first kappa shape index (κ1) is 16.0. The highest BCUT2D eigenvalue weighted by Gasteiger charge is 2.38. The van der Waals surface area contributed by atoms with Crippen LogP contribution in [0.2, 0.25) is 0 Å². The van der Waals surface area contributed by atoms with Crippen LogP contribution in [0.5, 0.6) is 0 Å². The minimum absolute atomic E-state index is 0.0256.